The number of nitrogens with zero attached hydrogens (tertiary/aromatic N) is 1. The van der Waals surface area contributed by atoms with Crippen molar-refractivity contribution in [1.82, 2.24) is 4.98 Å². The highest BCUT2D eigenvalue weighted by Crippen LogP contribution is 2.32. The molecule has 0 radical (unpaired) electrons. The Hall–Kier alpha value is -1.14. The minimum atomic E-state index is -3.53. The molecule has 20 heavy (non-hydrogen) atoms. The van der Waals surface area contributed by atoms with Crippen LogP contribution in [0.25, 0.3) is 0 Å². The van der Waals surface area contributed by atoms with Crippen LogP contribution >= 0.6 is 0 Å². The Morgan fingerprint density at radius 3 is 2.40 bits per heavy atom. The van der Waals surface area contributed by atoms with E-state index in [0.717, 1.165) is 25.7 Å². The van der Waals surface area contributed by atoms with Crippen molar-refractivity contribution in [1.29, 1.82) is 0 Å². The molecule has 0 aliphatic heterocycles. The quantitative estimate of drug-likeness (QED) is 0.759. The van der Waals surface area contributed by atoms with Crippen LogP contribution in [0.5, 0.6) is 5.75 Å². The van der Waals surface area contributed by atoms with E-state index in [1.807, 2.05) is 19.9 Å². The molecule has 2 N–H and O–H groups in total. The first-order chi connectivity index (χ1) is 9.41. The molecule has 1 heterocycles. The van der Waals surface area contributed by atoms with E-state index in [-0.39, 0.29) is 5.75 Å². The fourth-order valence-corrected chi connectivity index (χ4v) is 3.84. The number of aromatic nitrogens is 1. The average molecular weight is 300 g/mol. The molecular formula is C14H24N2O3S. The molecule has 0 saturated carbocycles. The molecule has 0 amide bonds. The van der Waals surface area contributed by atoms with E-state index in [9.17, 15) is 8.42 Å². The Morgan fingerprint density at radius 1 is 1.30 bits per heavy atom. The number of hydrogen-bond acceptors (Lipinski definition) is 4. The molecule has 0 aromatic carbocycles. The third-order valence-corrected chi connectivity index (χ3v) is 4.26. The zero-order valence-electron chi connectivity index (χ0n) is 12.2. The molecule has 0 fully saturated rings. The number of primary sulfonamides is 1. The van der Waals surface area contributed by atoms with E-state index < -0.39 is 15.4 Å². The Morgan fingerprint density at radius 2 is 1.95 bits per heavy atom. The largest absolute Gasteiger partial charge is 0.491 e. The first-order valence-corrected chi connectivity index (χ1v) is 8.65. The Bertz CT molecular complexity index is 482. The maximum atomic E-state index is 11.5. The number of ether oxygens (including phenoxy) is 1. The van der Waals surface area contributed by atoms with Crippen molar-refractivity contribution in [3.05, 3.63) is 24.5 Å². The van der Waals surface area contributed by atoms with Crippen LogP contribution in [0, 0.1) is 5.41 Å². The van der Waals surface area contributed by atoms with Gasteiger partial charge < -0.3 is 4.74 Å². The van der Waals surface area contributed by atoms with Crippen molar-refractivity contribution in [2.75, 3.05) is 12.4 Å². The molecule has 0 atom stereocenters. The normalized spacial score (nSPS) is 12.3. The number of hydrogen-bond donors (Lipinski definition) is 1. The number of sulfonamides is 1. The van der Waals surface area contributed by atoms with Crippen LogP contribution in [-0.2, 0) is 10.0 Å². The van der Waals surface area contributed by atoms with Gasteiger partial charge in [-0.25, -0.2) is 13.6 Å². The lowest BCUT2D eigenvalue weighted by Gasteiger charge is -2.32. The summed E-state index contributed by atoms with van der Waals surface area (Å²) in [5.74, 6) is 0.612. The van der Waals surface area contributed by atoms with Crippen molar-refractivity contribution in [2.24, 2.45) is 10.6 Å². The predicted octanol–water partition coefficient (Wildman–Crippen LogP) is 2.34. The van der Waals surface area contributed by atoms with Gasteiger partial charge in [-0.1, -0.05) is 26.7 Å². The van der Waals surface area contributed by atoms with Crippen LogP contribution in [-0.4, -0.2) is 25.8 Å². The Labute approximate surface area is 121 Å². The monoisotopic (exact) mass is 300 g/mol. The lowest BCUT2D eigenvalue weighted by Crippen LogP contribution is -2.38. The summed E-state index contributed by atoms with van der Waals surface area (Å²) in [5, 5.41) is 5.26. The molecule has 0 aliphatic carbocycles. The van der Waals surface area contributed by atoms with Crippen molar-refractivity contribution in [3.8, 4) is 5.75 Å². The van der Waals surface area contributed by atoms with E-state index in [4.69, 9.17) is 9.88 Å². The molecule has 6 heteroatoms. The van der Waals surface area contributed by atoms with Gasteiger partial charge >= 0.3 is 0 Å². The first kappa shape index (κ1) is 16.9. The molecule has 0 saturated heterocycles. The molecule has 0 unspecified atom stereocenters. The summed E-state index contributed by atoms with van der Waals surface area (Å²) in [4.78, 5) is 3.98. The van der Waals surface area contributed by atoms with E-state index in [1.165, 1.54) is 0 Å². The van der Waals surface area contributed by atoms with Gasteiger partial charge in [-0.2, -0.15) is 0 Å². The third kappa shape index (κ3) is 5.88. The van der Waals surface area contributed by atoms with Gasteiger partial charge in [0.2, 0.25) is 10.0 Å². The Balaban J connectivity index is 2.84. The second-order valence-electron chi connectivity index (χ2n) is 5.28. The van der Waals surface area contributed by atoms with Gasteiger partial charge in [0.05, 0.1) is 18.6 Å². The minimum absolute atomic E-state index is 0.0397. The molecule has 5 nitrogen and oxygen atoms in total. The summed E-state index contributed by atoms with van der Waals surface area (Å²) in [6.07, 6.45) is 6.63. The molecule has 114 valence electrons. The molecule has 1 rings (SSSR count). The van der Waals surface area contributed by atoms with Crippen LogP contribution in [0.1, 0.15) is 39.5 Å². The van der Waals surface area contributed by atoms with Crippen molar-refractivity contribution >= 4 is 10.0 Å². The topological polar surface area (TPSA) is 82.3 Å². The highest BCUT2D eigenvalue weighted by molar-refractivity contribution is 7.89. The second-order valence-corrected chi connectivity index (χ2v) is 6.90. The van der Waals surface area contributed by atoms with Crippen molar-refractivity contribution < 1.29 is 13.2 Å². The van der Waals surface area contributed by atoms with Gasteiger partial charge in [0.15, 0.2) is 0 Å². The van der Waals surface area contributed by atoms with E-state index >= 15 is 0 Å². The maximum Gasteiger partial charge on any atom is 0.209 e. The van der Waals surface area contributed by atoms with Gasteiger partial charge in [0, 0.05) is 11.6 Å². The van der Waals surface area contributed by atoms with Crippen LogP contribution in [0.3, 0.4) is 0 Å². The molecule has 0 spiro atoms. The maximum absolute atomic E-state index is 11.5. The van der Waals surface area contributed by atoms with Crippen LogP contribution in [0.4, 0.5) is 0 Å². The van der Waals surface area contributed by atoms with Gasteiger partial charge in [-0.3, -0.25) is 4.98 Å². The molecule has 1 aromatic rings. The number of nitrogens with two attached hydrogens (primary N) is 1. The zero-order chi connectivity index (χ0) is 15.1. The summed E-state index contributed by atoms with van der Waals surface area (Å²) >= 11 is 0. The van der Waals surface area contributed by atoms with E-state index in [2.05, 4.69) is 4.98 Å². The predicted molar refractivity (Wildman–Crippen MR) is 80.0 cm³/mol. The summed E-state index contributed by atoms with van der Waals surface area (Å²) in [6, 6.07) is 3.60. The zero-order valence-corrected chi connectivity index (χ0v) is 13.0. The SMILES string of the molecule is CCCC(CCC)(COc1cccnc1)CS(N)(=O)=O. The summed E-state index contributed by atoms with van der Waals surface area (Å²) in [5.41, 5.74) is -0.424. The van der Waals surface area contributed by atoms with Crippen LogP contribution < -0.4 is 9.88 Å². The summed E-state index contributed by atoms with van der Waals surface area (Å²) in [6.45, 7) is 4.42. The smallest absolute Gasteiger partial charge is 0.209 e. The van der Waals surface area contributed by atoms with Gasteiger partial charge in [0.1, 0.15) is 5.75 Å². The van der Waals surface area contributed by atoms with Gasteiger partial charge in [-0.15, -0.1) is 0 Å². The Kier molecular flexibility index (Phi) is 6.42. The highest BCUT2D eigenvalue weighted by atomic mass is 32.2. The van der Waals surface area contributed by atoms with Crippen LogP contribution in [0.15, 0.2) is 24.5 Å². The fourth-order valence-electron chi connectivity index (χ4n) is 2.61. The molecular weight excluding hydrogens is 276 g/mol. The lowest BCUT2D eigenvalue weighted by atomic mass is 9.82. The van der Waals surface area contributed by atoms with Crippen molar-refractivity contribution in [2.45, 2.75) is 39.5 Å². The summed E-state index contributed by atoms with van der Waals surface area (Å²) in [7, 11) is -3.53. The summed E-state index contributed by atoms with van der Waals surface area (Å²) < 4.78 is 28.8. The van der Waals surface area contributed by atoms with E-state index in [1.54, 1.807) is 18.5 Å². The third-order valence-electron chi connectivity index (χ3n) is 3.25. The van der Waals surface area contributed by atoms with Gasteiger partial charge in [-0.05, 0) is 25.0 Å². The molecule has 0 aliphatic rings. The van der Waals surface area contributed by atoms with E-state index in [0.29, 0.717) is 12.4 Å². The fraction of sp³-hybridized carbons (Fsp3) is 0.643. The van der Waals surface area contributed by atoms with Crippen molar-refractivity contribution in [3.63, 3.8) is 0 Å². The standard InChI is InChI=1S/C14H24N2O3S/c1-3-7-14(8-4-2,12-20(15,17)18)11-19-13-6-5-9-16-10-13/h5-6,9-10H,3-4,7-8,11-12H2,1-2H3,(H2,15,17,18). The molecule has 0 bridgehead atoms. The number of rotatable bonds is 9. The lowest BCUT2D eigenvalue weighted by molar-refractivity contribution is 0.141. The average Bonchev–Trinajstić information content (AvgIpc) is 2.36. The molecule has 1 aromatic heterocycles. The first-order valence-electron chi connectivity index (χ1n) is 6.94. The van der Waals surface area contributed by atoms with Crippen LogP contribution in [0.2, 0.25) is 0 Å². The number of pyridine rings is 1. The second kappa shape index (κ2) is 7.59. The minimum Gasteiger partial charge on any atom is -0.491 e. The van der Waals surface area contributed by atoms with Gasteiger partial charge in [0.25, 0.3) is 0 Å². The highest BCUT2D eigenvalue weighted by Gasteiger charge is 2.33.